The van der Waals surface area contributed by atoms with Gasteiger partial charge in [-0.05, 0) is 11.8 Å². The van der Waals surface area contributed by atoms with E-state index in [4.69, 9.17) is 10.3 Å². The smallest absolute Gasteiger partial charge is 0.243 e. The third kappa shape index (κ3) is 4.00. The summed E-state index contributed by atoms with van der Waals surface area (Å²) < 4.78 is 5.14. The van der Waals surface area contributed by atoms with Crippen LogP contribution in [0.4, 0.5) is 0 Å². The predicted molar refractivity (Wildman–Crippen MR) is 59.3 cm³/mol. The van der Waals surface area contributed by atoms with Gasteiger partial charge >= 0.3 is 0 Å². The first-order chi connectivity index (χ1) is 6.92. The van der Waals surface area contributed by atoms with Crippen LogP contribution in [-0.4, -0.2) is 10.1 Å². The molecule has 2 N–H and O–H groups in total. The molecule has 1 aromatic heterocycles. The summed E-state index contributed by atoms with van der Waals surface area (Å²) in [7, 11) is 0. The minimum Gasteiger partial charge on any atom is -0.338 e. The Kier molecular flexibility index (Phi) is 3.85. The molecule has 0 aliphatic heterocycles. The standard InChI is InChI=1S/C11H21N3O/c1-5-6-8(12)10-13-9(14-15-10)7-11(2,3)4/h8H,5-7,12H2,1-4H3. The fourth-order valence-corrected chi connectivity index (χ4v) is 1.40. The van der Waals surface area contributed by atoms with Crippen LogP contribution in [0.25, 0.3) is 0 Å². The van der Waals surface area contributed by atoms with Gasteiger partial charge in [0.25, 0.3) is 0 Å². The lowest BCUT2D eigenvalue weighted by Crippen LogP contribution is -2.12. The van der Waals surface area contributed by atoms with Gasteiger partial charge in [0.1, 0.15) is 0 Å². The zero-order valence-corrected chi connectivity index (χ0v) is 10.1. The fraction of sp³-hybridized carbons (Fsp3) is 0.818. The summed E-state index contributed by atoms with van der Waals surface area (Å²) in [5, 5.41) is 3.94. The normalized spacial score (nSPS) is 14.2. The third-order valence-electron chi connectivity index (χ3n) is 2.09. The van der Waals surface area contributed by atoms with Gasteiger partial charge in [-0.25, -0.2) is 0 Å². The molecule has 0 fully saturated rings. The van der Waals surface area contributed by atoms with Crippen molar-refractivity contribution < 1.29 is 4.52 Å². The van der Waals surface area contributed by atoms with Crippen molar-refractivity contribution in [2.24, 2.45) is 11.1 Å². The summed E-state index contributed by atoms with van der Waals surface area (Å²) in [5.74, 6) is 1.32. The van der Waals surface area contributed by atoms with Gasteiger partial charge in [-0.15, -0.1) is 0 Å². The highest BCUT2D eigenvalue weighted by Crippen LogP contribution is 2.20. The monoisotopic (exact) mass is 211 g/mol. The summed E-state index contributed by atoms with van der Waals surface area (Å²) in [6.45, 7) is 8.53. The highest BCUT2D eigenvalue weighted by molar-refractivity contribution is 4.93. The largest absolute Gasteiger partial charge is 0.338 e. The molecule has 0 amide bonds. The lowest BCUT2D eigenvalue weighted by atomic mass is 9.92. The van der Waals surface area contributed by atoms with Crippen molar-refractivity contribution in [3.05, 3.63) is 11.7 Å². The molecule has 1 rings (SSSR count). The van der Waals surface area contributed by atoms with Crippen molar-refractivity contribution in [2.75, 3.05) is 0 Å². The maximum Gasteiger partial charge on any atom is 0.243 e. The SMILES string of the molecule is CCCC(N)c1nc(CC(C)(C)C)no1. The van der Waals surface area contributed by atoms with Crippen molar-refractivity contribution in [1.82, 2.24) is 10.1 Å². The van der Waals surface area contributed by atoms with Gasteiger partial charge < -0.3 is 10.3 Å². The van der Waals surface area contributed by atoms with Crippen LogP contribution in [0.2, 0.25) is 0 Å². The Hall–Kier alpha value is -0.900. The van der Waals surface area contributed by atoms with Crippen LogP contribution < -0.4 is 5.73 Å². The minimum atomic E-state index is -0.115. The quantitative estimate of drug-likeness (QED) is 0.830. The lowest BCUT2D eigenvalue weighted by molar-refractivity contribution is 0.335. The Balaban J connectivity index is 2.64. The van der Waals surface area contributed by atoms with Crippen LogP contribution in [0.15, 0.2) is 4.52 Å². The topological polar surface area (TPSA) is 64.9 Å². The van der Waals surface area contributed by atoms with E-state index in [0.29, 0.717) is 5.89 Å². The minimum absolute atomic E-state index is 0.115. The van der Waals surface area contributed by atoms with Crippen molar-refractivity contribution >= 4 is 0 Å². The molecule has 4 nitrogen and oxygen atoms in total. The highest BCUT2D eigenvalue weighted by Gasteiger charge is 2.18. The van der Waals surface area contributed by atoms with Crippen LogP contribution >= 0.6 is 0 Å². The molecule has 0 radical (unpaired) electrons. The molecule has 1 aromatic rings. The molecule has 0 aliphatic rings. The molecule has 0 aromatic carbocycles. The van der Waals surface area contributed by atoms with E-state index in [1.165, 1.54) is 0 Å². The number of nitrogens with two attached hydrogens (primary N) is 1. The zero-order valence-electron chi connectivity index (χ0n) is 10.1. The molecule has 86 valence electrons. The first kappa shape index (κ1) is 12.2. The van der Waals surface area contributed by atoms with Crippen molar-refractivity contribution in [3.63, 3.8) is 0 Å². The summed E-state index contributed by atoms with van der Waals surface area (Å²) in [4.78, 5) is 4.31. The zero-order chi connectivity index (χ0) is 11.5. The number of rotatable bonds is 4. The molecular formula is C11H21N3O. The Morgan fingerprint density at radius 3 is 2.60 bits per heavy atom. The first-order valence-corrected chi connectivity index (χ1v) is 5.50. The van der Waals surface area contributed by atoms with Crippen LogP contribution in [0.1, 0.15) is 58.3 Å². The number of aromatic nitrogens is 2. The molecule has 0 aliphatic carbocycles. The molecule has 1 atom stereocenters. The van der Waals surface area contributed by atoms with E-state index >= 15 is 0 Å². The van der Waals surface area contributed by atoms with E-state index in [2.05, 4.69) is 37.8 Å². The molecule has 0 saturated heterocycles. The average Bonchev–Trinajstić information content (AvgIpc) is 2.50. The van der Waals surface area contributed by atoms with Gasteiger partial charge in [0, 0.05) is 6.42 Å². The van der Waals surface area contributed by atoms with E-state index in [1.807, 2.05) is 0 Å². The van der Waals surface area contributed by atoms with Crippen LogP contribution in [0.5, 0.6) is 0 Å². The Morgan fingerprint density at radius 1 is 1.40 bits per heavy atom. The van der Waals surface area contributed by atoms with E-state index in [1.54, 1.807) is 0 Å². The lowest BCUT2D eigenvalue weighted by Gasteiger charge is -2.14. The molecule has 0 saturated carbocycles. The Morgan fingerprint density at radius 2 is 2.07 bits per heavy atom. The molecule has 1 heterocycles. The van der Waals surface area contributed by atoms with Crippen molar-refractivity contribution in [2.45, 2.75) is 53.0 Å². The van der Waals surface area contributed by atoms with Gasteiger partial charge in [-0.3, -0.25) is 0 Å². The van der Waals surface area contributed by atoms with E-state index in [-0.39, 0.29) is 11.5 Å². The summed E-state index contributed by atoms with van der Waals surface area (Å²) in [6, 6.07) is -0.115. The van der Waals surface area contributed by atoms with Gasteiger partial charge in [0.15, 0.2) is 5.82 Å². The summed E-state index contributed by atoms with van der Waals surface area (Å²) in [6.07, 6.45) is 2.73. The number of nitrogens with zero attached hydrogens (tertiary/aromatic N) is 2. The van der Waals surface area contributed by atoms with Crippen molar-refractivity contribution in [3.8, 4) is 0 Å². The molecule has 0 bridgehead atoms. The second kappa shape index (κ2) is 4.75. The molecule has 15 heavy (non-hydrogen) atoms. The average molecular weight is 211 g/mol. The summed E-state index contributed by atoms with van der Waals surface area (Å²) in [5.41, 5.74) is 6.06. The summed E-state index contributed by atoms with van der Waals surface area (Å²) >= 11 is 0. The predicted octanol–water partition coefficient (Wildman–Crippen LogP) is 2.46. The van der Waals surface area contributed by atoms with E-state index in [9.17, 15) is 0 Å². The van der Waals surface area contributed by atoms with Crippen molar-refractivity contribution in [1.29, 1.82) is 0 Å². The molecule has 4 heteroatoms. The van der Waals surface area contributed by atoms with Gasteiger partial charge in [-0.1, -0.05) is 39.3 Å². The number of hydrogen-bond acceptors (Lipinski definition) is 4. The van der Waals surface area contributed by atoms with Gasteiger partial charge in [0.2, 0.25) is 5.89 Å². The maximum absolute atomic E-state index is 5.89. The molecular weight excluding hydrogens is 190 g/mol. The maximum atomic E-state index is 5.89. The number of hydrogen-bond donors (Lipinski definition) is 1. The van der Waals surface area contributed by atoms with Crippen LogP contribution in [0, 0.1) is 5.41 Å². The Labute approximate surface area is 91.2 Å². The fourth-order valence-electron chi connectivity index (χ4n) is 1.40. The second-order valence-corrected chi connectivity index (χ2v) is 5.18. The van der Waals surface area contributed by atoms with Crippen LogP contribution in [0.3, 0.4) is 0 Å². The molecule has 1 unspecified atom stereocenters. The van der Waals surface area contributed by atoms with E-state index in [0.717, 1.165) is 25.1 Å². The Bertz CT molecular complexity index is 301. The van der Waals surface area contributed by atoms with Gasteiger partial charge in [0.05, 0.1) is 6.04 Å². The van der Waals surface area contributed by atoms with Gasteiger partial charge in [-0.2, -0.15) is 4.98 Å². The van der Waals surface area contributed by atoms with Crippen LogP contribution in [-0.2, 0) is 6.42 Å². The molecule has 0 spiro atoms. The second-order valence-electron chi connectivity index (χ2n) is 5.18. The first-order valence-electron chi connectivity index (χ1n) is 5.50. The highest BCUT2D eigenvalue weighted by atomic mass is 16.5. The van der Waals surface area contributed by atoms with E-state index < -0.39 is 0 Å². The third-order valence-corrected chi connectivity index (χ3v) is 2.09.